The predicted molar refractivity (Wildman–Crippen MR) is 129 cm³/mol. The van der Waals surface area contributed by atoms with E-state index in [4.69, 9.17) is 27.2 Å². The van der Waals surface area contributed by atoms with Gasteiger partial charge >= 0.3 is 0 Å². The Hall–Kier alpha value is -3.96. The molecule has 33 heavy (non-hydrogen) atoms. The van der Waals surface area contributed by atoms with Crippen molar-refractivity contribution in [3.8, 4) is 11.5 Å². The number of benzene rings is 3. The smallest absolute Gasteiger partial charge is 0.269 e. The summed E-state index contributed by atoms with van der Waals surface area (Å²) >= 11 is 6.88. The van der Waals surface area contributed by atoms with Crippen LogP contribution in [0.25, 0.3) is 0 Å². The number of nitrogens with zero attached hydrogens (tertiary/aromatic N) is 4. The van der Waals surface area contributed by atoms with Crippen molar-refractivity contribution in [1.82, 2.24) is 10.1 Å². The van der Waals surface area contributed by atoms with E-state index in [9.17, 15) is 10.1 Å². The van der Waals surface area contributed by atoms with Crippen LogP contribution in [0.4, 0.5) is 17.1 Å². The number of thiocarbonyl (C=S) groups is 1. The van der Waals surface area contributed by atoms with Crippen molar-refractivity contribution in [2.24, 2.45) is 5.73 Å². The summed E-state index contributed by atoms with van der Waals surface area (Å²) in [4.78, 5) is 17.1. The van der Waals surface area contributed by atoms with Gasteiger partial charge in [-0.15, -0.1) is 11.8 Å². The second-order valence-electron chi connectivity index (χ2n) is 6.62. The van der Waals surface area contributed by atoms with Gasteiger partial charge in [-0.1, -0.05) is 17.3 Å². The van der Waals surface area contributed by atoms with E-state index in [0.29, 0.717) is 23.1 Å². The standard InChI is InChI=1S/C22H17N5O4S2/c23-22(32)26(19-3-1-2-4-20(19)33-13-21-24-14-30-25-21)15-5-9-17(10-6-15)31-18-11-7-16(8-12-18)27(28)29/h1-12,14H,13H2,(H2,23,32). The predicted octanol–water partition coefficient (Wildman–Crippen LogP) is 5.44. The van der Waals surface area contributed by atoms with Crippen LogP contribution >= 0.6 is 24.0 Å². The van der Waals surface area contributed by atoms with Crippen molar-refractivity contribution in [3.63, 3.8) is 0 Å². The third-order valence-electron chi connectivity index (χ3n) is 4.47. The highest BCUT2D eigenvalue weighted by Gasteiger charge is 2.17. The highest BCUT2D eigenvalue weighted by molar-refractivity contribution is 7.98. The largest absolute Gasteiger partial charge is 0.457 e. The fourth-order valence-corrected chi connectivity index (χ4v) is 4.08. The number of non-ortho nitro benzene ring substituents is 1. The van der Waals surface area contributed by atoms with E-state index in [1.807, 2.05) is 36.4 Å². The van der Waals surface area contributed by atoms with Gasteiger partial charge in [-0.3, -0.25) is 15.0 Å². The first-order valence-corrected chi connectivity index (χ1v) is 11.0. The number of thioether (sulfide) groups is 1. The molecule has 0 radical (unpaired) electrons. The molecule has 11 heteroatoms. The molecule has 4 aromatic rings. The number of aromatic nitrogens is 2. The summed E-state index contributed by atoms with van der Waals surface area (Å²) in [6, 6.07) is 20.8. The third-order valence-corrected chi connectivity index (χ3v) is 5.71. The first-order chi connectivity index (χ1) is 16.0. The lowest BCUT2D eigenvalue weighted by atomic mass is 10.2. The van der Waals surface area contributed by atoms with Crippen molar-refractivity contribution in [1.29, 1.82) is 0 Å². The normalized spacial score (nSPS) is 10.5. The molecule has 0 spiro atoms. The second kappa shape index (κ2) is 10.1. The van der Waals surface area contributed by atoms with Crippen molar-refractivity contribution in [2.75, 3.05) is 4.90 Å². The molecule has 2 N–H and O–H groups in total. The molecule has 166 valence electrons. The minimum atomic E-state index is -0.457. The van der Waals surface area contributed by atoms with Gasteiger partial charge in [-0.05, 0) is 60.7 Å². The topological polar surface area (TPSA) is 121 Å². The van der Waals surface area contributed by atoms with Gasteiger partial charge in [0.15, 0.2) is 10.9 Å². The average Bonchev–Trinajstić information content (AvgIpc) is 3.34. The number of anilines is 2. The minimum Gasteiger partial charge on any atom is -0.457 e. The first-order valence-electron chi connectivity index (χ1n) is 9.60. The Labute approximate surface area is 198 Å². The lowest BCUT2D eigenvalue weighted by molar-refractivity contribution is -0.384. The quantitative estimate of drug-likeness (QED) is 0.151. The van der Waals surface area contributed by atoms with Crippen LogP contribution in [0, 0.1) is 10.1 Å². The Balaban J connectivity index is 1.54. The van der Waals surface area contributed by atoms with Crippen LogP contribution < -0.4 is 15.4 Å². The van der Waals surface area contributed by atoms with E-state index in [2.05, 4.69) is 10.1 Å². The van der Waals surface area contributed by atoms with Crippen LogP contribution in [-0.4, -0.2) is 20.2 Å². The van der Waals surface area contributed by atoms with Crippen LogP contribution in [0.1, 0.15) is 5.82 Å². The molecule has 0 amide bonds. The van der Waals surface area contributed by atoms with E-state index in [0.717, 1.165) is 16.3 Å². The Morgan fingerprint density at radius 1 is 1.09 bits per heavy atom. The van der Waals surface area contributed by atoms with Crippen LogP contribution in [0.15, 0.2) is 88.6 Å². The third kappa shape index (κ3) is 5.45. The van der Waals surface area contributed by atoms with E-state index in [1.165, 1.54) is 30.3 Å². The number of para-hydroxylation sites is 1. The Morgan fingerprint density at radius 3 is 2.36 bits per heavy atom. The Morgan fingerprint density at radius 2 is 1.76 bits per heavy atom. The number of rotatable bonds is 8. The van der Waals surface area contributed by atoms with E-state index >= 15 is 0 Å². The molecule has 1 heterocycles. The van der Waals surface area contributed by atoms with Gasteiger partial charge in [0.1, 0.15) is 11.5 Å². The molecule has 9 nitrogen and oxygen atoms in total. The first kappa shape index (κ1) is 22.2. The zero-order chi connectivity index (χ0) is 23.2. The molecule has 0 aliphatic heterocycles. The number of ether oxygens (including phenoxy) is 1. The molecule has 0 saturated carbocycles. The maximum absolute atomic E-state index is 10.8. The van der Waals surface area contributed by atoms with E-state index in [1.54, 1.807) is 29.2 Å². The summed E-state index contributed by atoms with van der Waals surface area (Å²) in [7, 11) is 0. The molecule has 1 aromatic heterocycles. The van der Waals surface area contributed by atoms with Crippen LogP contribution in [0.3, 0.4) is 0 Å². The van der Waals surface area contributed by atoms with Crippen molar-refractivity contribution < 1.29 is 14.2 Å². The average molecular weight is 480 g/mol. The highest BCUT2D eigenvalue weighted by Crippen LogP contribution is 2.36. The van der Waals surface area contributed by atoms with Gasteiger partial charge in [0.2, 0.25) is 6.39 Å². The van der Waals surface area contributed by atoms with Gasteiger partial charge in [0.25, 0.3) is 5.69 Å². The molecule has 0 unspecified atom stereocenters. The lowest BCUT2D eigenvalue weighted by Gasteiger charge is -2.25. The minimum absolute atomic E-state index is 0.000616. The number of nitro groups is 1. The zero-order valence-corrected chi connectivity index (χ0v) is 18.7. The maximum Gasteiger partial charge on any atom is 0.269 e. The number of nitrogens with two attached hydrogens (primary N) is 1. The van der Waals surface area contributed by atoms with Crippen molar-refractivity contribution in [2.45, 2.75) is 10.6 Å². The Bertz CT molecular complexity index is 1250. The van der Waals surface area contributed by atoms with Gasteiger partial charge in [0.05, 0.1) is 16.4 Å². The molecule has 0 aliphatic carbocycles. The summed E-state index contributed by atoms with van der Waals surface area (Å²) < 4.78 is 10.6. The summed E-state index contributed by atoms with van der Waals surface area (Å²) in [6.45, 7) is 0. The van der Waals surface area contributed by atoms with Crippen molar-refractivity contribution >= 4 is 46.2 Å². The van der Waals surface area contributed by atoms with E-state index < -0.39 is 4.92 Å². The maximum atomic E-state index is 10.8. The van der Waals surface area contributed by atoms with E-state index in [-0.39, 0.29) is 10.8 Å². The van der Waals surface area contributed by atoms with Crippen LogP contribution in [0.2, 0.25) is 0 Å². The zero-order valence-electron chi connectivity index (χ0n) is 17.0. The highest BCUT2D eigenvalue weighted by atomic mass is 32.2. The van der Waals surface area contributed by atoms with Crippen molar-refractivity contribution in [3.05, 3.63) is 95.1 Å². The summed E-state index contributed by atoms with van der Waals surface area (Å²) in [5.74, 6) is 2.17. The second-order valence-corrected chi connectivity index (χ2v) is 8.06. The number of hydrogen-bond acceptors (Lipinski definition) is 8. The fraction of sp³-hybridized carbons (Fsp3) is 0.0455. The van der Waals surface area contributed by atoms with Gasteiger partial charge in [-0.2, -0.15) is 4.98 Å². The molecule has 0 fully saturated rings. The number of nitro benzene ring substituents is 1. The van der Waals surface area contributed by atoms with Gasteiger partial charge in [-0.25, -0.2) is 0 Å². The fourth-order valence-electron chi connectivity index (χ4n) is 2.98. The molecule has 4 rings (SSSR count). The molecule has 3 aromatic carbocycles. The molecular formula is C22H17N5O4S2. The monoisotopic (exact) mass is 479 g/mol. The summed E-state index contributed by atoms with van der Waals surface area (Å²) in [5, 5.41) is 14.8. The van der Waals surface area contributed by atoms with Crippen LogP contribution in [-0.2, 0) is 5.75 Å². The molecule has 0 atom stereocenters. The Kier molecular flexibility index (Phi) is 6.81. The number of hydrogen-bond donors (Lipinski definition) is 1. The molecular weight excluding hydrogens is 462 g/mol. The van der Waals surface area contributed by atoms with Crippen LogP contribution in [0.5, 0.6) is 11.5 Å². The lowest BCUT2D eigenvalue weighted by Crippen LogP contribution is -2.31. The SMILES string of the molecule is NC(=S)N(c1ccc(Oc2ccc([N+](=O)[O-])cc2)cc1)c1ccccc1SCc1ncon1. The molecule has 0 aliphatic rings. The molecule has 0 bridgehead atoms. The summed E-state index contributed by atoms with van der Waals surface area (Å²) in [6.07, 6.45) is 1.30. The molecule has 0 saturated heterocycles. The van der Waals surface area contributed by atoms with Gasteiger partial charge < -0.3 is 15.0 Å². The summed E-state index contributed by atoms with van der Waals surface area (Å²) in [5.41, 5.74) is 7.66. The van der Waals surface area contributed by atoms with Gasteiger partial charge in [0, 0.05) is 22.7 Å².